The molecule has 0 aromatic carbocycles. The number of cyclic esters (lactones) is 2. The van der Waals surface area contributed by atoms with E-state index in [4.69, 9.17) is 9.47 Å². The molecule has 4 nitrogen and oxygen atoms in total. The summed E-state index contributed by atoms with van der Waals surface area (Å²) in [4.78, 5) is 23.2. The van der Waals surface area contributed by atoms with Crippen LogP contribution in [0.1, 0.15) is 103 Å². The van der Waals surface area contributed by atoms with Crippen LogP contribution in [0.5, 0.6) is 0 Å². The number of hydrogen-bond donors (Lipinski definition) is 0. The molecular formula is C22H38O4. The lowest BCUT2D eigenvalue weighted by Gasteiger charge is -2.07. The molecule has 0 amide bonds. The first-order valence-electron chi connectivity index (χ1n) is 10.8. The quantitative estimate of drug-likeness (QED) is 0.396. The van der Waals surface area contributed by atoms with Crippen molar-refractivity contribution in [2.45, 2.75) is 103 Å². The number of carbonyl (C=O) groups excluding carboxylic acids is 2. The maximum absolute atomic E-state index is 11.6. The van der Waals surface area contributed by atoms with Crippen LogP contribution in [0.25, 0.3) is 0 Å². The molecule has 0 radical (unpaired) electrons. The summed E-state index contributed by atoms with van der Waals surface area (Å²) in [5, 5.41) is 0. The largest absolute Gasteiger partial charge is 0.462 e. The predicted octanol–water partition coefficient (Wildman–Crippen LogP) is 5.88. The van der Waals surface area contributed by atoms with Gasteiger partial charge in [0.2, 0.25) is 0 Å². The lowest BCUT2D eigenvalue weighted by Crippen LogP contribution is -2.13. The minimum Gasteiger partial charge on any atom is -0.462 e. The van der Waals surface area contributed by atoms with Crippen molar-refractivity contribution in [3.05, 3.63) is 12.2 Å². The lowest BCUT2D eigenvalue weighted by atomic mass is 10.1. The number of rotatable bonds is 0. The third-order valence-electron chi connectivity index (χ3n) is 4.78. The van der Waals surface area contributed by atoms with E-state index >= 15 is 0 Å². The number of carbonyl (C=O) groups is 2. The molecule has 0 N–H and O–H groups in total. The zero-order valence-corrected chi connectivity index (χ0v) is 16.5. The Morgan fingerprint density at radius 1 is 0.500 bits per heavy atom. The number of esters is 2. The number of ether oxygens (including phenoxy) is 2. The Hall–Kier alpha value is -1.32. The summed E-state index contributed by atoms with van der Waals surface area (Å²) in [5.41, 5.74) is 0. The fourth-order valence-electron chi connectivity index (χ4n) is 3.17. The molecule has 1 aliphatic rings. The van der Waals surface area contributed by atoms with Gasteiger partial charge in [0.1, 0.15) is 13.2 Å². The monoisotopic (exact) mass is 366 g/mol. The van der Waals surface area contributed by atoms with Gasteiger partial charge in [-0.2, -0.15) is 0 Å². The van der Waals surface area contributed by atoms with Crippen LogP contribution in [0.4, 0.5) is 0 Å². The predicted molar refractivity (Wildman–Crippen MR) is 105 cm³/mol. The van der Waals surface area contributed by atoms with E-state index in [2.05, 4.69) is 12.2 Å². The molecule has 0 saturated carbocycles. The molecule has 0 aromatic rings. The zero-order chi connectivity index (χ0) is 18.7. The van der Waals surface area contributed by atoms with E-state index in [0.717, 1.165) is 25.7 Å². The van der Waals surface area contributed by atoms with E-state index in [1.54, 1.807) is 0 Å². The third kappa shape index (κ3) is 15.0. The third-order valence-corrected chi connectivity index (χ3v) is 4.78. The molecular weight excluding hydrogens is 328 g/mol. The molecule has 0 saturated heterocycles. The van der Waals surface area contributed by atoms with Crippen molar-refractivity contribution >= 4 is 11.9 Å². The second kappa shape index (κ2) is 17.1. The SMILES string of the molecule is O=C1CCCCCCCC/C=C/CCCCCCCCC(=O)OCCO1. The molecule has 0 aromatic heterocycles. The first kappa shape index (κ1) is 22.7. The van der Waals surface area contributed by atoms with Crippen molar-refractivity contribution in [3.8, 4) is 0 Å². The van der Waals surface area contributed by atoms with Gasteiger partial charge in [-0.15, -0.1) is 0 Å². The van der Waals surface area contributed by atoms with Gasteiger partial charge in [0.25, 0.3) is 0 Å². The Morgan fingerprint density at radius 3 is 1.27 bits per heavy atom. The van der Waals surface area contributed by atoms with Crippen LogP contribution in [0, 0.1) is 0 Å². The maximum atomic E-state index is 11.6. The van der Waals surface area contributed by atoms with Gasteiger partial charge in [-0.1, -0.05) is 63.5 Å². The molecule has 4 heteroatoms. The van der Waals surface area contributed by atoms with E-state index in [1.165, 1.54) is 64.2 Å². The van der Waals surface area contributed by atoms with Crippen molar-refractivity contribution < 1.29 is 19.1 Å². The molecule has 26 heavy (non-hydrogen) atoms. The zero-order valence-electron chi connectivity index (χ0n) is 16.5. The van der Waals surface area contributed by atoms with E-state index < -0.39 is 0 Å². The standard InChI is InChI=1S/C22H38O4/c23-21-17-15-13-11-9-7-5-3-1-2-4-6-8-10-12-14-16-18-22(24)26-20-19-25-21/h1-2H,3-20H2/b2-1+. The molecule has 150 valence electrons. The fraction of sp³-hybridized carbons (Fsp3) is 0.818. The van der Waals surface area contributed by atoms with Crippen molar-refractivity contribution in [2.75, 3.05) is 13.2 Å². The lowest BCUT2D eigenvalue weighted by molar-refractivity contribution is -0.152. The molecule has 1 heterocycles. The first-order valence-corrected chi connectivity index (χ1v) is 10.8. The van der Waals surface area contributed by atoms with Crippen LogP contribution in [-0.4, -0.2) is 25.2 Å². The molecule has 0 bridgehead atoms. The highest BCUT2D eigenvalue weighted by Crippen LogP contribution is 2.11. The average Bonchev–Trinajstić information content (AvgIpc) is 2.63. The van der Waals surface area contributed by atoms with Gasteiger partial charge < -0.3 is 9.47 Å². The topological polar surface area (TPSA) is 52.6 Å². The summed E-state index contributed by atoms with van der Waals surface area (Å²) in [5.74, 6) is -0.360. The summed E-state index contributed by atoms with van der Waals surface area (Å²) < 4.78 is 10.2. The van der Waals surface area contributed by atoms with E-state index in [-0.39, 0.29) is 25.2 Å². The van der Waals surface area contributed by atoms with Crippen LogP contribution in [0.15, 0.2) is 12.2 Å². The van der Waals surface area contributed by atoms with Gasteiger partial charge in [-0.25, -0.2) is 0 Å². The van der Waals surface area contributed by atoms with Crippen LogP contribution in [0.3, 0.4) is 0 Å². The highest BCUT2D eigenvalue weighted by atomic mass is 16.6. The molecule has 0 aliphatic carbocycles. The van der Waals surface area contributed by atoms with E-state index in [9.17, 15) is 9.59 Å². The molecule has 0 atom stereocenters. The summed E-state index contributed by atoms with van der Waals surface area (Å²) in [6, 6.07) is 0. The summed E-state index contributed by atoms with van der Waals surface area (Å²) in [7, 11) is 0. The average molecular weight is 367 g/mol. The number of allylic oxidation sites excluding steroid dienone is 2. The summed E-state index contributed by atoms with van der Waals surface area (Å²) in [6.07, 6.45) is 21.9. The summed E-state index contributed by atoms with van der Waals surface area (Å²) in [6.45, 7) is 0.357. The van der Waals surface area contributed by atoms with E-state index in [1.807, 2.05) is 0 Å². The highest BCUT2D eigenvalue weighted by molar-refractivity contribution is 5.70. The summed E-state index contributed by atoms with van der Waals surface area (Å²) >= 11 is 0. The Morgan fingerprint density at radius 2 is 0.846 bits per heavy atom. The van der Waals surface area contributed by atoms with Crippen LogP contribution in [-0.2, 0) is 19.1 Å². The Bertz CT molecular complexity index is 354. The molecule has 1 aliphatic heterocycles. The molecule has 0 spiro atoms. The molecule has 1 rings (SSSR count). The second-order valence-corrected chi connectivity index (χ2v) is 7.23. The molecule has 0 unspecified atom stereocenters. The van der Waals surface area contributed by atoms with Gasteiger partial charge in [-0.05, 0) is 38.5 Å². The highest BCUT2D eigenvalue weighted by Gasteiger charge is 2.05. The van der Waals surface area contributed by atoms with Crippen molar-refractivity contribution in [2.24, 2.45) is 0 Å². The number of hydrogen-bond acceptors (Lipinski definition) is 4. The first-order chi connectivity index (χ1) is 12.8. The van der Waals surface area contributed by atoms with E-state index in [0.29, 0.717) is 12.8 Å². The van der Waals surface area contributed by atoms with Gasteiger partial charge in [0.15, 0.2) is 0 Å². The van der Waals surface area contributed by atoms with Gasteiger partial charge in [0.05, 0.1) is 0 Å². The van der Waals surface area contributed by atoms with Crippen LogP contribution in [0.2, 0.25) is 0 Å². The molecule has 0 fully saturated rings. The van der Waals surface area contributed by atoms with Gasteiger partial charge >= 0.3 is 11.9 Å². The fourth-order valence-corrected chi connectivity index (χ4v) is 3.17. The van der Waals surface area contributed by atoms with Crippen molar-refractivity contribution in [1.82, 2.24) is 0 Å². The Kier molecular flexibility index (Phi) is 15.0. The van der Waals surface area contributed by atoms with Crippen LogP contribution >= 0.6 is 0 Å². The Balaban J connectivity index is 2.20. The smallest absolute Gasteiger partial charge is 0.305 e. The minimum atomic E-state index is -0.180. The maximum Gasteiger partial charge on any atom is 0.305 e. The van der Waals surface area contributed by atoms with Crippen molar-refractivity contribution in [3.63, 3.8) is 0 Å². The normalized spacial score (nSPS) is 23.2. The van der Waals surface area contributed by atoms with Crippen molar-refractivity contribution in [1.29, 1.82) is 0 Å². The van der Waals surface area contributed by atoms with Gasteiger partial charge in [-0.3, -0.25) is 9.59 Å². The minimum absolute atomic E-state index is 0.179. The second-order valence-electron chi connectivity index (χ2n) is 7.23. The van der Waals surface area contributed by atoms with Gasteiger partial charge in [0, 0.05) is 12.8 Å². The Labute approximate surface area is 159 Å². The van der Waals surface area contributed by atoms with Crippen LogP contribution < -0.4 is 0 Å².